The minimum atomic E-state index is 0.372. The summed E-state index contributed by atoms with van der Waals surface area (Å²) in [5.41, 5.74) is 7.75. The largest absolute Gasteiger partial charge is 0.368 e. The van der Waals surface area contributed by atoms with Gasteiger partial charge in [0.05, 0.1) is 0 Å². The number of hydrogen-bond acceptors (Lipinski definition) is 3. The van der Waals surface area contributed by atoms with Crippen LogP contribution in [0.1, 0.15) is 37.9 Å². The highest BCUT2D eigenvalue weighted by molar-refractivity contribution is 5.27. The molecule has 0 amide bonds. The molecular weight excluding hydrogens is 150 g/mol. The average Bonchev–Trinajstić information content (AvgIpc) is 2.03. The molecule has 3 heteroatoms. The lowest BCUT2D eigenvalue weighted by Gasteiger charge is -2.09. The third-order valence-electron chi connectivity index (χ3n) is 1.88. The highest BCUT2D eigenvalue weighted by atomic mass is 15.0. The van der Waals surface area contributed by atoms with Gasteiger partial charge in [0.15, 0.2) is 0 Å². The molecule has 0 radical (unpaired) electrons. The van der Waals surface area contributed by atoms with Crippen molar-refractivity contribution >= 4 is 5.95 Å². The van der Waals surface area contributed by atoms with Gasteiger partial charge in [-0.3, -0.25) is 0 Å². The molecule has 0 saturated carbocycles. The van der Waals surface area contributed by atoms with Crippen molar-refractivity contribution in [2.75, 3.05) is 5.73 Å². The lowest BCUT2D eigenvalue weighted by molar-refractivity contribution is 0.813. The van der Waals surface area contributed by atoms with Crippen LogP contribution in [0.2, 0.25) is 0 Å². The Morgan fingerprint density at radius 1 is 1.50 bits per heavy atom. The molecular formula is C9H15N3. The molecule has 0 fully saturated rings. The number of anilines is 1. The zero-order chi connectivity index (χ0) is 9.14. The lowest BCUT2D eigenvalue weighted by atomic mass is 10.0. The Morgan fingerprint density at radius 3 is 2.67 bits per heavy atom. The standard InChI is InChI=1S/C9H15N3/c1-4-8-7(6(2)3)5-11-9(10)12-8/h5-6H,4H2,1-3H3,(H2,10,11,12). The van der Waals surface area contributed by atoms with E-state index in [0.29, 0.717) is 11.9 Å². The molecule has 1 aromatic heterocycles. The summed E-state index contributed by atoms with van der Waals surface area (Å²) < 4.78 is 0. The van der Waals surface area contributed by atoms with E-state index in [-0.39, 0.29) is 0 Å². The minimum Gasteiger partial charge on any atom is -0.368 e. The van der Waals surface area contributed by atoms with Crippen molar-refractivity contribution in [3.63, 3.8) is 0 Å². The zero-order valence-corrected chi connectivity index (χ0v) is 7.83. The van der Waals surface area contributed by atoms with Crippen LogP contribution in [0.15, 0.2) is 6.20 Å². The Hall–Kier alpha value is -1.12. The second kappa shape index (κ2) is 3.52. The molecule has 1 heterocycles. The van der Waals surface area contributed by atoms with E-state index in [4.69, 9.17) is 5.73 Å². The van der Waals surface area contributed by atoms with Crippen LogP contribution < -0.4 is 5.73 Å². The first kappa shape index (κ1) is 8.97. The van der Waals surface area contributed by atoms with Crippen LogP contribution in [0.4, 0.5) is 5.95 Å². The smallest absolute Gasteiger partial charge is 0.220 e. The Bertz CT molecular complexity index is 268. The number of nitrogens with two attached hydrogens (primary N) is 1. The summed E-state index contributed by atoms with van der Waals surface area (Å²) in [6, 6.07) is 0. The van der Waals surface area contributed by atoms with Crippen molar-refractivity contribution in [2.45, 2.75) is 33.1 Å². The molecule has 0 saturated heterocycles. The van der Waals surface area contributed by atoms with Crippen molar-refractivity contribution in [3.05, 3.63) is 17.5 Å². The van der Waals surface area contributed by atoms with Gasteiger partial charge in [0, 0.05) is 11.9 Å². The monoisotopic (exact) mass is 165 g/mol. The van der Waals surface area contributed by atoms with E-state index in [9.17, 15) is 0 Å². The molecule has 0 aliphatic rings. The fourth-order valence-corrected chi connectivity index (χ4v) is 1.21. The molecule has 1 rings (SSSR count). The van der Waals surface area contributed by atoms with Gasteiger partial charge < -0.3 is 5.73 Å². The first-order valence-corrected chi connectivity index (χ1v) is 4.26. The molecule has 0 aliphatic carbocycles. The highest BCUT2D eigenvalue weighted by Gasteiger charge is 2.06. The topological polar surface area (TPSA) is 51.8 Å². The number of nitrogens with zero attached hydrogens (tertiary/aromatic N) is 2. The number of aryl methyl sites for hydroxylation is 1. The molecule has 3 nitrogen and oxygen atoms in total. The zero-order valence-electron chi connectivity index (χ0n) is 7.83. The maximum Gasteiger partial charge on any atom is 0.220 e. The molecule has 1 aromatic rings. The van der Waals surface area contributed by atoms with Gasteiger partial charge in [-0.15, -0.1) is 0 Å². The highest BCUT2D eigenvalue weighted by Crippen LogP contribution is 2.17. The van der Waals surface area contributed by atoms with Crippen molar-refractivity contribution in [2.24, 2.45) is 0 Å². The Kier molecular flexibility index (Phi) is 2.63. The van der Waals surface area contributed by atoms with Gasteiger partial charge in [0.2, 0.25) is 5.95 Å². The van der Waals surface area contributed by atoms with Gasteiger partial charge in [0.25, 0.3) is 0 Å². The van der Waals surface area contributed by atoms with E-state index < -0.39 is 0 Å². The van der Waals surface area contributed by atoms with Crippen LogP contribution in [-0.4, -0.2) is 9.97 Å². The molecule has 0 atom stereocenters. The van der Waals surface area contributed by atoms with Gasteiger partial charge in [-0.25, -0.2) is 9.97 Å². The van der Waals surface area contributed by atoms with Gasteiger partial charge in [-0.1, -0.05) is 20.8 Å². The van der Waals surface area contributed by atoms with E-state index >= 15 is 0 Å². The first-order valence-electron chi connectivity index (χ1n) is 4.26. The van der Waals surface area contributed by atoms with Gasteiger partial charge >= 0.3 is 0 Å². The molecule has 66 valence electrons. The van der Waals surface area contributed by atoms with E-state index in [0.717, 1.165) is 12.1 Å². The predicted molar refractivity (Wildman–Crippen MR) is 49.9 cm³/mol. The van der Waals surface area contributed by atoms with Gasteiger partial charge in [-0.2, -0.15) is 0 Å². The molecule has 0 spiro atoms. The molecule has 0 unspecified atom stereocenters. The Balaban J connectivity index is 3.11. The van der Waals surface area contributed by atoms with Crippen LogP contribution >= 0.6 is 0 Å². The average molecular weight is 165 g/mol. The van der Waals surface area contributed by atoms with E-state index in [2.05, 4.69) is 30.7 Å². The van der Waals surface area contributed by atoms with E-state index in [1.165, 1.54) is 5.56 Å². The lowest BCUT2D eigenvalue weighted by Crippen LogP contribution is -2.04. The molecule has 0 aliphatic heterocycles. The summed E-state index contributed by atoms with van der Waals surface area (Å²) in [7, 11) is 0. The fourth-order valence-electron chi connectivity index (χ4n) is 1.21. The summed E-state index contributed by atoms with van der Waals surface area (Å²) in [6.45, 7) is 6.34. The van der Waals surface area contributed by atoms with Gasteiger partial charge in [-0.05, 0) is 17.9 Å². The van der Waals surface area contributed by atoms with Crippen molar-refractivity contribution < 1.29 is 0 Å². The Morgan fingerprint density at radius 2 is 2.17 bits per heavy atom. The third kappa shape index (κ3) is 1.72. The minimum absolute atomic E-state index is 0.372. The molecule has 0 aromatic carbocycles. The summed E-state index contributed by atoms with van der Waals surface area (Å²) in [6.07, 6.45) is 2.74. The fraction of sp³-hybridized carbons (Fsp3) is 0.556. The number of rotatable bonds is 2. The third-order valence-corrected chi connectivity index (χ3v) is 1.88. The van der Waals surface area contributed by atoms with E-state index in [1.807, 2.05) is 6.20 Å². The number of aromatic nitrogens is 2. The normalized spacial score (nSPS) is 10.7. The van der Waals surface area contributed by atoms with Crippen molar-refractivity contribution in [1.82, 2.24) is 9.97 Å². The van der Waals surface area contributed by atoms with Crippen LogP contribution in [0.25, 0.3) is 0 Å². The first-order chi connectivity index (χ1) is 5.65. The number of nitrogen functional groups attached to an aromatic ring is 1. The Labute approximate surface area is 73.0 Å². The second-order valence-electron chi connectivity index (χ2n) is 3.14. The van der Waals surface area contributed by atoms with Crippen LogP contribution in [-0.2, 0) is 6.42 Å². The van der Waals surface area contributed by atoms with Crippen LogP contribution in [0.5, 0.6) is 0 Å². The molecule has 0 bridgehead atoms. The number of hydrogen-bond donors (Lipinski definition) is 1. The summed E-state index contributed by atoms with van der Waals surface area (Å²) in [5, 5.41) is 0. The molecule has 12 heavy (non-hydrogen) atoms. The van der Waals surface area contributed by atoms with Crippen LogP contribution in [0.3, 0.4) is 0 Å². The summed E-state index contributed by atoms with van der Waals surface area (Å²) in [4.78, 5) is 8.16. The second-order valence-corrected chi connectivity index (χ2v) is 3.14. The van der Waals surface area contributed by atoms with Crippen molar-refractivity contribution in [3.8, 4) is 0 Å². The summed E-state index contributed by atoms with van der Waals surface area (Å²) >= 11 is 0. The maximum absolute atomic E-state index is 5.48. The summed E-state index contributed by atoms with van der Waals surface area (Å²) in [5.74, 6) is 0.844. The van der Waals surface area contributed by atoms with E-state index in [1.54, 1.807) is 0 Å². The SMILES string of the molecule is CCc1nc(N)ncc1C(C)C. The molecule has 2 N–H and O–H groups in total. The predicted octanol–water partition coefficient (Wildman–Crippen LogP) is 1.74. The van der Waals surface area contributed by atoms with Crippen molar-refractivity contribution in [1.29, 1.82) is 0 Å². The van der Waals surface area contributed by atoms with Crippen LogP contribution in [0, 0.1) is 0 Å². The quantitative estimate of drug-likeness (QED) is 0.726. The maximum atomic E-state index is 5.48. The van der Waals surface area contributed by atoms with Gasteiger partial charge in [0.1, 0.15) is 0 Å².